The topological polar surface area (TPSA) is 65.8 Å². The number of nitrogens with one attached hydrogen (secondary N) is 2. The van der Waals surface area contributed by atoms with Crippen LogP contribution in [0.15, 0.2) is 83.0 Å². The summed E-state index contributed by atoms with van der Waals surface area (Å²) in [5.41, 5.74) is 2.45. The van der Waals surface area contributed by atoms with Gasteiger partial charge in [-0.1, -0.05) is 41.4 Å². The van der Waals surface area contributed by atoms with Crippen LogP contribution in [0.3, 0.4) is 0 Å². The van der Waals surface area contributed by atoms with Crippen LogP contribution in [0, 0.1) is 0 Å². The molecule has 1 amide bonds. The molecule has 0 unspecified atom stereocenters. The molecule has 0 spiro atoms. The van der Waals surface area contributed by atoms with Crippen LogP contribution < -0.4 is 10.6 Å². The van der Waals surface area contributed by atoms with Crippen LogP contribution in [0.5, 0.6) is 0 Å². The number of amides is 1. The Hall–Kier alpha value is -2.80. The number of thiocarbonyl (C=S) groups is 1. The highest BCUT2D eigenvalue weighted by molar-refractivity contribution is 7.80. The molecule has 0 aromatic heterocycles. The first-order valence-corrected chi connectivity index (χ1v) is 9.32. The molecule has 8 heteroatoms. The van der Waals surface area contributed by atoms with Gasteiger partial charge in [0.15, 0.2) is 5.11 Å². The van der Waals surface area contributed by atoms with Gasteiger partial charge in [0, 0.05) is 10.7 Å². The minimum Gasteiger partial charge on any atom is -0.332 e. The van der Waals surface area contributed by atoms with E-state index in [1.807, 2.05) is 30.3 Å². The Morgan fingerprint density at radius 1 is 0.857 bits per heavy atom. The molecule has 2 N–H and O–H groups in total. The number of azo groups is 1. The molecule has 0 saturated heterocycles. The van der Waals surface area contributed by atoms with Gasteiger partial charge in [0.2, 0.25) is 0 Å². The third kappa shape index (κ3) is 5.60. The van der Waals surface area contributed by atoms with Crippen molar-refractivity contribution in [3.63, 3.8) is 0 Å². The molecule has 140 valence electrons. The van der Waals surface area contributed by atoms with Crippen molar-refractivity contribution in [1.82, 2.24) is 5.32 Å². The fourth-order valence-corrected chi connectivity index (χ4v) is 2.93. The normalized spacial score (nSPS) is 10.6. The van der Waals surface area contributed by atoms with E-state index in [9.17, 15) is 4.79 Å². The van der Waals surface area contributed by atoms with Gasteiger partial charge in [0.05, 0.1) is 22.0 Å². The Bertz CT molecular complexity index is 1020. The summed E-state index contributed by atoms with van der Waals surface area (Å²) in [6.07, 6.45) is 0. The summed E-state index contributed by atoms with van der Waals surface area (Å²) in [7, 11) is 0. The quantitative estimate of drug-likeness (QED) is 0.366. The molecule has 0 saturated carbocycles. The van der Waals surface area contributed by atoms with E-state index in [1.165, 1.54) is 12.1 Å². The zero-order chi connectivity index (χ0) is 19.9. The molecule has 28 heavy (non-hydrogen) atoms. The number of anilines is 1. The van der Waals surface area contributed by atoms with Gasteiger partial charge in [0.25, 0.3) is 5.91 Å². The van der Waals surface area contributed by atoms with E-state index < -0.39 is 5.91 Å². The lowest BCUT2D eigenvalue weighted by Gasteiger charge is -2.10. The molecule has 0 radical (unpaired) electrons. The Labute approximate surface area is 177 Å². The van der Waals surface area contributed by atoms with Gasteiger partial charge < -0.3 is 5.32 Å². The second-order valence-electron chi connectivity index (χ2n) is 5.61. The number of halogens is 2. The molecule has 3 aromatic rings. The minimum atomic E-state index is -0.424. The summed E-state index contributed by atoms with van der Waals surface area (Å²) in [4.78, 5) is 12.3. The lowest BCUT2D eigenvalue weighted by atomic mass is 10.2. The Morgan fingerprint density at radius 2 is 1.50 bits per heavy atom. The summed E-state index contributed by atoms with van der Waals surface area (Å²) < 4.78 is 0. The van der Waals surface area contributed by atoms with Crippen LogP contribution >= 0.6 is 35.4 Å². The second-order valence-corrected chi connectivity index (χ2v) is 6.87. The largest absolute Gasteiger partial charge is 0.332 e. The van der Waals surface area contributed by atoms with Crippen molar-refractivity contribution in [2.45, 2.75) is 0 Å². The zero-order valence-electron chi connectivity index (χ0n) is 14.4. The number of rotatable bonds is 4. The van der Waals surface area contributed by atoms with Crippen molar-refractivity contribution >= 4 is 63.5 Å². The molecule has 0 heterocycles. The number of carbonyl (C=O) groups excluding carboxylic acids is 1. The van der Waals surface area contributed by atoms with E-state index in [2.05, 4.69) is 20.9 Å². The number of hydrogen-bond donors (Lipinski definition) is 2. The first-order chi connectivity index (χ1) is 13.5. The zero-order valence-corrected chi connectivity index (χ0v) is 16.7. The van der Waals surface area contributed by atoms with Crippen molar-refractivity contribution in [3.05, 3.63) is 88.4 Å². The van der Waals surface area contributed by atoms with E-state index in [0.717, 1.165) is 5.69 Å². The smallest absolute Gasteiger partial charge is 0.258 e. The van der Waals surface area contributed by atoms with Gasteiger partial charge in [-0.25, -0.2) is 0 Å². The second kappa shape index (κ2) is 9.41. The maximum absolute atomic E-state index is 12.3. The van der Waals surface area contributed by atoms with Gasteiger partial charge in [0.1, 0.15) is 0 Å². The average Bonchev–Trinajstić information content (AvgIpc) is 2.68. The third-order valence-electron chi connectivity index (χ3n) is 3.57. The summed E-state index contributed by atoms with van der Waals surface area (Å²) in [5.74, 6) is -0.424. The molecule has 0 aliphatic rings. The molecule has 3 rings (SSSR count). The highest BCUT2D eigenvalue weighted by Gasteiger charge is 2.12. The molecule has 0 aliphatic carbocycles. The summed E-state index contributed by atoms with van der Waals surface area (Å²) in [6.45, 7) is 0. The monoisotopic (exact) mass is 428 g/mol. The molecule has 0 fully saturated rings. The minimum absolute atomic E-state index is 0.148. The molecule has 0 atom stereocenters. The molecule has 3 aromatic carbocycles. The lowest BCUT2D eigenvalue weighted by molar-refractivity contribution is 0.0978. The van der Waals surface area contributed by atoms with E-state index in [1.54, 1.807) is 30.3 Å². The highest BCUT2D eigenvalue weighted by atomic mass is 35.5. The van der Waals surface area contributed by atoms with Crippen LogP contribution in [0.25, 0.3) is 0 Å². The van der Waals surface area contributed by atoms with Gasteiger partial charge in [-0.15, -0.1) is 0 Å². The van der Waals surface area contributed by atoms with Crippen molar-refractivity contribution in [3.8, 4) is 0 Å². The maximum Gasteiger partial charge on any atom is 0.258 e. The summed E-state index contributed by atoms with van der Waals surface area (Å²) in [6, 6.07) is 21.2. The Morgan fingerprint density at radius 3 is 2.14 bits per heavy atom. The van der Waals surface area contributed by atoms with Gasteiger partial charge in [-0.2, -0.15) is 10.2 Å². The molecular formula is C20H14Cl2N4OS. The van der Waals surface area contributed by atoms with Crippen molar-refractivity contribution in [1.29, 1.82) is 0 Å². The number of nitrogens with zero attached hydrogens (tertiary/aromatic N) is 2. The fourth-order valence-electron chi connectivity index (χ4n) is 2.23. The van der Waals surface area contributed by atoms with E-state index in [-0.39, 0.29) is 15.7 Å². The first-order valence-electron chi connectivity index (χ1n) is 8.15. The predicted molar refractivity (Wildman–Crippen MR) is 117 cm³/mol. The molecular weight excluding hydrogens is 415 g/mol. The Kier molecular flexibility index (Phi) is 6.71. The first kappa shape index (κ1) is 19.9. The van der Waals surface area contributed by atoms with E-state index in [0.29, 0.717) is 16.4 Å². The van der Waals surface area contributed by atoms with Crippen LogP contribution in [-0.2, 0) is 0 Å². The molecule has 0 aliphatic heterocycles. The van der Waals surface area contributed by atoms with Gasteiger partial charge in [-0.05, 0) is 66.8 Å². The Balaban J connectivity index is 1.58. The molecule has 5 nitrogen and oxygen atoms in total. The fraction of sp³-hybridized carbons (Fsp3) is 0. The lowest BCUT2D eigenvalue weighted by Crippen LogP contribution is -2.34. The van der Waals surface area contributed by atoms with E-state index in [4.69, 9.17) is 35.4 Å². The van der Waals surface area contributed by atoms with Crippen LogP contribution in [0.4, 0.5) is 17.1 Å². The number of benzene rings is 3. The van der Waals surface area contributed by atoms with E-state index >= 15 is 0 Å². The SMILES string of the molecule is O=C(NC(=S)Nc1ccc(N=Nc2ccccc2)cc1)c1ccc(Cl)cc1Cl. The van der Waals surface area contributed by atoms with Crippen LogP contribution in [0.2, 0.25) is 10.0 Å². The number of hydrogen-bond acceptors (Lipinski definition) is 4. The third-order valence-corrected chi connectivity index (χ3v) is 4.32. The summed E-state index contributed by atoms with van der Waals surface area (Å²) in [5, 5.41) is 14.7. The average molecular weight is 429 g/mol. The molecule has 0 bridgehead atoms. The van der Waals surface area contributed by atoms with Crippen molar-refractivity contribution in [2.24, 2.45) is 10.2 Å². The van der Waals surface area contributed by atoms with Crippen LogP contribution in [-0.4, -0.2) is 11.0 Å². The van der Waals surface area contributed by atoms with Crippen molar-refractivity contribution < 1.29 is 4.79 Å². The van der Waals surface area contributed by atoms with Gasteiger partial charge in [-0.3, -0.25) is 10.1 Å². The van der Waals surface area contributed by atoms with Crippen LogP contribution in [0.1, 0.15) is 10.4 Å². The number of carbonyl (C=O) groups is 1. The van der Waals surface area contributed by atoms with Gasteiger partial charge >= 0.3 is 0 Å². The van der Waals surface area contributed by atoms with Crippen molar-refractivity contribution in [2.75, 3.05) is 5.32 Å². The standard InChI is InChI=1S/C20H14Cl2N4OS/c21-13-6-11-17(18(22)12-13)19(27)24-20(28)23-14-7-9-16(10-8-14)26-25-15-4-2-1-3-5-15/h1-12H,(H2,23,24,27,28). The summed E-state index contributed by atoms with van der Waals surface area (Å²) >= 11 is 17.0. The maximum atomic E-state index is 12.3. The predicted octanol–water partition coefficient (Wildman–Crippen LogP) is 6.54. The highest BCUT2D eigenvalue weighted by Crippen LogP contribution is 2.22.